The second-order valence-electron chi connectivity index (χ2n) is 6.05. The fraction of sp³-hybridized carbons (Fsp3) is 0.600. The fourth-order valence-electron chi connectivity index (χ4n) is 1.26. The van der Waals surface area contributed by atoms with E-state index in [1.807, 2.05) is 18.2 Å². The molecule has 0 spiro atoms. The predicted molar refractivity (Wildman–Crippen MR) is 104 cm³/mol. The predicted octanol–water partition coefficient (Wildman–Crippen LogP) is 6.03. The highest BCUT2D eigenvalue weighted by Crippen LogP contribution is 2.09. The van der Waals surface area contributed by atoms with Crippen molar-refractivity contribution in [2.45, 2.75) is 80.1 Å². The third-order valence-electron chi connectivity index (χ3n) is 2.46. The zero-order valence-electron chi connectivity index (χ0n) is 16.8. The summed E-state index contributed by atoms with van der Waals surface area (Å²) in [4.78, 5) is 0. The van der Waals surface area contributed by atoms with E-state index in [9.17, 15) is 0 Å². The van der Waals surface area contributed by atoms with Gasteiger partial charge in [-0.05, 0) is 35.6 Å². The van der Waals surface area contributed by atoms with Crippen molar-refractivity contribution >= 4 is 0 Å². The van der Waals surface area contributed by atoms with Crippen molar-refractivity contribution in [3.63, 3.8) is 0 Å². The summed E-state index contributed by atoms with van der Waals surface area (Å²) in [5, 5.41) is 15.1. The first-order valence-corrected chi connectivity index (χ1v) is 8.98. The summed E-state index contributed by atoms with van der Waals surface area (Å²) in [7, 11) is 0. The summed E-state index contributed by atoms with van der Waals surface area (Å²) in [5.41, 5.74) is 2.29. The van der Waals surface area contributed by atoms with Crippen LogP contribution in [0, 0.1) is 0 Å². The first-order chi connectivity index (χ1) is 11.4. The number of hydrogen-bond acceptors (Lipinski definition) is 4. The molecule has 0 aromatic carbocycles. The Morgan fingerprint density at radius 2 is 1.33 bits per heavy atom. The standard InChI is InChI=1S/2C7H10N2.2C3H8/c1-6(2)7-3-4-8-9-5-7;1-6(2)7-4-3-5-8-9-7;2*1-3-2/h2*3-6H,1-2H3;2*3H2,1-2H3. The maximum absolute atomic E-state index is 3.93. The van der Waals surface area contributed by atoms with Gasteiger partial charge in [0.05, 0.1) is 11.9 Å². The van der Waals surface area contributed by atoms with Crippen LogP contribution in [0.1, 0.15) is 91.3 Å². The second kappa shape index (κ2) is 17.5. The van der Waals surface area contributed by atoms with Crippen LogP contribution in [-0.2, 0) is 0 Å². The quantitative estimate of drug-likeness (QED) is 0.673. The number of hydrogen-bond donors (Lipinski definition) is 0. The lowest BCUT2D eigenvalue weighted by molar-refractivity contribution is 0.785. The Bertz CT molecular complexity index is 410. The minimum atomic E-state index is 0.485. The Kier molecular flexibility index (Phi) is 17.8. The van der Waals surface area contributed by atoms with E-state index in [0.29, 0.717) is 11.8 Å². The van der Waals surface area contributed by atoms with Crippen molar-refractivity contribution in [3.05, 3.63) is 48.0 Å². The smallest absolute Gasteiger partial charge is 0.0656 e. The molecule has 24 heavy (non-hydrogen) atoms. The van der Waals surface area contributed by atoms with Gasteiger partial charge in [0.15, 0.2) is 0 Å². The normalized spacial score (nSPS) is 9.08. The van der Waals surface area contributed by atoms with Gasteiger partial charge in [-0.2, -0.15) is 20.4 Å². The lowest BCUT2D eigenvalue weighted by atomic mass is 10.1. The van der Waals surface area contributed by atoms with Gasteiger partial charge in [0.2, 0.25) is 0 Å². The van der Waals surface area contributed by atoms with Gasteiger partial charge >= 0.3 is 0 Å². The molecular weight excluding hydrogens is 296 g/mol. The molecule has 2 aromatic heterocycles. The van der Waals surface area contributed by atoms with Crippen LogP contribution in [0.5, 0.6) is 0 Å². The molecule has 0 amide bonds. The summed E-state index contributed by atoms with van der Waals surface area (Å²) in [6.07, 6.45) is 7.70. The summed E-state index contributed by atoms with van der Waals surface area (Å²) in [5.74, 6) is 1.04. The molecule has 0 saturated carbocycles. The zero-order valence-corrected chi connectivity index (χ0v) is 16.8. The molecule has 2 heterocycles. The summed E-state index contributed by atoms with van der Waals surface area (Å²) < 4.78 is 0. The van der Waals surface area contributed by atoms with Gasteiger partial charge in [-0.25, -0.2) is 0 Å². The van der Waals surface area contributed by atoms with Gasteiger partial charge in [-0.1, -0.05) is 68.2 Å². The molecule has 136 valence electrons. The number of aromatic nitrogens is 4. The highest BCUT2D eigenvalue weighted by molar-refractivity contribution is 5.09. The topological polar surface area (TPSA) is 51.6 Å². The highest BCUT2D eigenvalue weighted by atomic mass is 15.1. The van der Waals surface area contributed by atoms with Crippen molar-refractivity contribution in [2.24, 2.45) is 0 Å². The monoisotopic (exact) mass is 332 g/mol. The summed E-state index contributed by atoms with van der Waals surface area (Å²) in [6, 6.07) is 5.87. The molecule has 4 nitrogen and oxygen atoms in total. The molecule has 0 radical (unpaired) electrons. The number of nitrogens with zero attached hydrogens (tertiary/aromatic N) is 4. The molecule has 2 aromatic rings. The molecule has 0 N–H and O–H groups in total. The first-order valence-electron chi connectivity index (χ1n) is 8.98. The Balaban J connectivity index is 0. The minimum Gasteiger partial charge on any atom is -0.159 e. The fourth-order valence-corrected chi connectivity index (χ4v) is 1.26. The van der Waals surface area contributed by atoms with E-state index >= 15 is 0 Å². The van der Waals surface area contributed by atoms with Crippen molar-refractivity contribution < 1.29 is 0 Å². The average molecular weight is 333 g/mol. The van der Waals surface area contributed by atoms with Gasteiger partial charge in [0, 0.05) is 12.4 Å². The van der Waals surface area contributed by atoms with Crippen molar-refractivity contribution in [1.29, 1.82) is 0 Å². The van der Waals surface area contributed by atoms with E-state index in [-0.39, 0.29) is 0 Å². The maximum atomic E-state index is 3.93. The third kappa shape index (κ3) is 15.1. The Morgan fingerprint density at radius 1 is 0.750 bits per heavy atom. The Hall–Kier alpha value is -1.84. The zero-order chi connectivity index (χ0) is 18.8. The van der Waals surface area contributed by atoms with Gasteiger partial charge in [-0.15, -0.1) is 0 Å². The van der Waals surface area contributed by atoms with Gasteiger partial charge in [0.1, 0.15) is 0 Å². The lowest BCUT2D eigenvalue weighted by Gasteiger charge is -2.00. The van der Waals surface area contributed by atoms with E-state index in [4.69, 9.17) is 0 Å². The first kappa shape index (κ1) is 24.4. The van der Waals surface area contributed by atoms with Gasteiger partial charge < -0.3 is 0 Å². The molecule has 4 heteroatoms. The van der Waals surface area contributed by atoms with Crippen LogP contribution in [0.2, 0.25) is 0 Å². The van der Waals surface area contributed by atoms with Crippen molar-refractivity contribution in [3.8, 4) is 0 Å². The van der Waals surface area contributed by atoms with Crippen LogP contribution in [0.4, 0.5) is 0 Å². The molecule has 0 aliphatic heterocycles. The number of rotatable bonds is 2. The average Bonchev–Trinajstić information content (AvgIpc) is 2.58. The molecule has 0 unspecified atom stereocenters. The largest absolute Gasteiger partial charge is 0.159 e. The summed E-state index contributed by atoms with van der Waals surface area (Å²) in [6.45, 7) is 17.0. The van der Waals surface area contributed by atoms with E-state index < -0.39 is 0 Å². The Morgan fingerprint density at radius 3 is 1.58 bits per heavy atom. The van der Waals surface area contributed by atoms with Crippen LogP contribution in [0.15, 0.2) is 36.8 Å². The second-order valence-corrected chi connectivity index (χ2v) is 6.05. The summed E-state index contributed by atoms with van der Waals surface area (Å²) >= 11 is 0. The molecule has 2 rings (SSSR count). The molecule has 0 fully saturated rings. The lowest BCUT2D eigenvalue weighted by Crippen LogP contribution is -1.92. The van der Waals surface area contributed by atoms with E-state index in [0.717, 1.165) is 5.69 Å². The van der Waals surface area contributed by atoms with Crippen LogP contribution in [-0.4, -0.2) is 20.4 Å². The molecule has 0 saturated heterocycles. The van der Waals surface area contributed by atoms with Crippen LogP contribution >= 0.6 is 0 Å². The SMILES string of the molecule is CC(C)c1cccnn1.CC(C)c1ccnnc1.CCC.CCC. The Labute approximate surface area is 149 Å². The van der Waals surface area contributed by atoms with Crippen LogP contribution < -0.4 is 0 Å². The molecule has 0 atom stereocenters. The highest BCUT2D eigenvalue weighted by Gasteiger charge is 1.96. The molecule has 0 bridgehead atoms. The molecule has 0 aliphatic rings. The van der Waals surface area contributed by atoms with Gasteiger partial charge in [-0.3, -0.25) is 0 Å². The van der Waals surface area contributed by atoms with Gasteiger partial charge in [0.25, 0.3) is 0 Å². The van der Waals surface area contributed by atoms with E-state index in [1.54, 1.807) is 18.6 Å². The molecular formula is C20H36N4. The minimum absolute atomic E-state index is 0.485. The van der Waals surface area contributed by atoms with E-state index in [2.05, 4.69) is 75.8 Å². The molecule has 0 aliphatic carbocycles. The van der Waals surface area contributed by atoms with Crippen molar-refractivity contribution in [2.75, 3.05) is 0 Å². The van der Waals surface area contributed by atoms with Crippen LogP contribution in [0.3, 0.4) is 0 Å². The maximum Gasteiger partial charge on any atom is 0.0656 e. The van der Waals surface area contributed by atoms with Crippen molar-refractivity contribution in [1.82, 2.24) is 20.4 Å². The van der Waals surface area contributed by atoms with E-state index in [1.165, 1.54) is 18.4 Å². The van der Waals surface area contributed by atoms with Crippen LogP contribution in [0.25, 0.3) is 0 Å². The third-order valence-corrected chi connectivity index (χ3v) is 2.46.